The van der Waals surface area contributed by atoms with Crippen molar-refractivity contribution >= 4 is 5.91 Å². The SMILES string of the molecule is CC/C=C\C/C=C\C/C=C\C/C=C\C/C=C\CCCCCCCCCCCCCCCC(=O)NC(COC1OC(CO)C(O)C(O)C1O)C(O)CCCCCCCCCCCCCCCCCCCCCCC. The molecular weight excluding hydrogens is 911 g/mol. The first-order valence-electron chi connectivity index (χ1n) is 31.0. The van der Waals surface area contributed by atoms with Crippen molar-refractivity contribution < 1.29 is 39.8 Å². The number of ether oxygens (including phenoxy) is 2. The van der Waals surface area contributed by atoms with E-state index in [1.807, 2.05) is 0 Å². The van der Waals surface area contributed by atoms with Gasteiger partial charge in [0, 0.05) is 6.42 Å². The highest BCUT2D eigenvalue weighted by atomic mass is 16.7. The first kappa shape index (κ1) is 68.9. The van der Waals surface area contributed by atoms with E-state index in [-0.39, 0.29) is 12.5 Å². The van der Waals surface area contributed by atoms with Crippen molar-refractivity contribution in [2.45, 2.75) is 326 Å². The van der Waals surface area contributed by atoms with Crippen LogP contribution in [0.25, 0.3) is 0 Å². The normalized spacial score (nSPS) is 19.5. The first-order chi connectivity index (χ1) is 35.8. The van der Waals surface area contributed by atoms with Crippen LogP contribution in [0.3, 0.4) is 0 Å². The molecule has 1 fully saturated rings. The lowest BCUT2D eigenvalue weighted by Gasteiger charge is -2.40. The van der Waals surface area contributed by atoms with E-state index in [1.165, 1.54) is 186 Å². The minimum atomic E-state index is -1.56. The topological polar surface area (TPSA) is 149 Å². The van der Waals surface area contributed by atoms with E-state index < -0.39 is 49.5 Å². The smallest absolute Gasteiger partial charge is 0.220 e. The zero-order chi connectivity index (χ0) is 52.9. The maximum Gasteiger partial charge on any atom is 0.220 e. The number of rotatable bonds is 53. The molecule has 1 heterocycles. The van der Waals surface area contributed by atoms with Crippen molar-refractivity contribution in [2.75, 3.05) is 13.2 Å². The van der Waals surface area contributed by atoms with Gasteiger partial charge in [-0.3, -0.25) is 4.79 Å². The third-order valence-electron chi connectivity index (χ3n) is 14.6. The van der Waals surface area contributed by atoms with E-state index in [4.69, 9.17) is 9.47 Å². The molecule has 426 valence electrons. The van der Waals surface area contributed by atoms with E-state index in [1.54, 1.807) is 0 Å². The van der Waals surface area contributed by atoms with Crippen molar-refractivity contribution in [1.29, 1.82) is 0 Å². The molecular formula is C64H117NO8. The number of unbranched alkanes of at least 4 members (excludes halogenated alkanes) is 33. The fourth-order valence-corrected chi connectivity index (χ4v) is 9.78. The molecule has 6 N–H and O–H groups in total. The van der Waals surface area contributed by atoms with Crippen molar-refractivity contribution in [1.82, 2.24) is 5.32 Å². The van der Waals surface area contributed by atoms with Crippen LogP contribution < -0.4 is 5.32 Å². The summed E-state index contributed by atoms with van der Waals surface area (Å²) in [5.41, 5.74) is 0. The Kier molecular flexibility index (Phi) is 50.3. The van der Waals surface area contributed by atoms with E-state index in [9.17, 15) is 30.3 Å². The molecule has 1 amide bonds. The van der Waals surface area contributed by atoms with Crippen LogP contribution in [0.15, 0.2) is 60.8 Å². The largest absolute Gasteiger partial charge is 0.394 e. The molecule has 0 aromatic heterocycles. The summed E-state index contributed by atoms with van der Waals surface area (Å²) in [6.07, 6.45) is 65.4. The Hall–Kier alpha value is -2.11. The average Bonchev–Trinajstić information content (AvgIpc) is 3.39. The summed E-state index contributed by atoms with van der Waals surface area (Å²) >= 11 is 0. The van der Waals surface area contributed by atoms with Gasteiger partial charge < -0.3 is 40.3 Å². The number of aliphatic hydroxyl groups is 5. The zero-order valence-corrected chi connectivity index (χ0v) is 47.4. The van der Waals surface area contributed by atoms with Gasteiger partial charge in [0.1, 0.15) is 24.4 Å². The van der Waals surface area contributed by atoms with Crippen molar-refractivity contribution in [3.8, 4) is 0 Å². The number of hydrogen-bond donors (Lipinski definition) is 6. The van der Waals surface area contributed by atoms with Gasteiger partial charge in [-0.15, -0.1) is 0 Å². The maximum atomic E-state index is 13.1. The fourth-order valence-electron chi connectivity index (χ4n) is 9.78. The van der Waals surface area contributed by atoms with Gasteiger partial charge >= 0.3 is 0 Å². The lowest BCUT2D eigenvalue weighted by Crippen LogP contribution is -2.60. The average molecular weight is 1030 g/mol. The molecule has 0 radical (unpaired) electrons. The van der Waals surface area contributed by atoms with Crippen LogP contribution in [-0.4, -0.2) is 87.5 Å². The van der Waals surface area contributed by atoms with Crippen LogP contribution in [0.2, 0.25) is 0 Å². The summed E-state index contributed by atoms with van der Waals surface area (Å²) in [6, 6.07) is -0.723. The van der Waals surface area contributed by atoms with Gasteiger partial charge in [-0.2, -0.15) is 0 Å². The van der Waals surface area contributed by atoms with Crippen molar-refractivity contribution in [2.24, 2.45) is 0 Å². The van der Waals surface area contributed by atoms with Crippen molar-refractivity contribution in [3.05, 3.63) is 60.8 Å². The maximum absolute atomic E-state index is 13.1. The Morgan fingerprint density at radius 3 is 1.26 bits per heavy atom. The van der Waals surface area contributed by atoms with E-state index >= 15 is 0 Å². The summed E-state index contributed by atoms with van der Waals surface area (Å²) in [5, 5.41) is 54.8. The van der Waals surface area contributed by atoms with Gasteiger partial charge in [0.25, 0.3) is 0 Å². The number of carbonyl (C=O) groups is 1. The van der Waals surface area contributed by atoms with Crippen LogP contribution in [0.5, 0.6) is 0 Å². The summed E-state index contributed by atoms with van der Waals surface area (Å²) in [5.74, 6) is -0.144. The van der Waals surface area contributed by atoms with Gasteiger partial charge in [0.2, 0.25) is 5.91 Å². The third-order valence-corrected chi connectivity index (χ3v) is 14.6. The van der Waals surface area contributed by atoms with Crippen LogP contribution in [-0.2, 0) is 14.3 Å². The van der Waals surface area contributed by atoms with Gasteiger partial charge in [-0.25, -0.2) is 0 Å². The predicted molar refractivity (Wildman–Crippen MR) is 309 cm³/mol. The lowest BCUT2D eigenvalue weighted by atomic mass is 9.99. The second-order valence-electron chi connectivity index (χ2n) is 21.5. The summed E-state index contributed by atoms with van der Waals surface area (Å²) in [6.45, 7) is 3.75. The molecule has 1 rings (SSSR count). The van der Waals surface area contributed by atoms with Gasteiger partial charge in [0.05, 0.1) is 25.4 Å². The van der Waals surface area contributed by atoms with Crippen LogP contribution >= 0.6 is 0 Å². The molecule has 0 bridgehead atoms. The number of aliphatic hydroxyl groups excluding tert-OH is 5. The monoisotopic (exact) mass is 1030 g/mol. The summed E-state index contributed by atoms with van der Waals surface area (Å²) in [7, 11) is 0. The Bertz CT molecular complexity index is 1330. The molecule has 7 unspecified atom stereocenters. The number of nitrogens with one attached hydrogen (secondary N) is 1. The number of allylic oxidation sites excluding steroid dienone is 10. The Morgan fingerprint density at radius 1 is 0.479 bits per heavy atom. The van der Waals surface area contributed by atoms with Gasteiger partial charge in [-0.05, 0) is 57.8 Å². The highest BCUT2D eigenvalue weighted by Gasteiger charge is 2.44. The van der Waals surface area contributed by atoms with Crippen LogP contribution in [0.1, 0.15) is 284 Å². The second kappa shape index (κ2) is 53.3. The fraction of sp³-hybridized carbons (Fsp3) is 0.828. The van der Waals surface area contributed by atoms with Crippen LogP contribution in [0.4, 0.5) is 0 Å². The molecule has 73 heavy (non-hydrogen) atoms. The van der Waals surface area contributed by atoms with Crippen molar-refractivity contribution in [3.63, 3.8) is 0 Å². The molecule has 9 heteroatoms. The molecule has 0 saturated carbocycles. The predicted octanol–water partition coefficient (Wildman–Crippen LogP) is 15.9. The Balaban J connectivity index is 2.17. The third kappa shape index (κ3) is 42.7. The van der Waals surface area contributed by atoms with Crippen LogP contribution in [0, 0.1) is 0 Å². The standard InChI is InChI=1S/C64H117NO8/c1-3-5-7-9-11-13-15-17-19-21-23-25-26-27-28-29-30-31-32-34-36-38-40-42-44-46-48-50-52-54-60(68)65-57(56-72-64-63(71)62(70)61(69)59(55-66)73-64)58(67)53-51-49-47-45-43-41-39-37-35-33-24-22-20-18-16-14-12-10-8-6-4-2/h5,7,11,13,17,19,23,25,27-28,57-59,61-64,66-67,69-71H,3-4,6,8-10,12,14-16,18,20-22,24,26,29-56H2,1-2H3,(H,65,68)/b7-5-,13-11-,19-17-,25-23-,28-27-. The number of amides is 1. The van der Waals surface area contributed by atoms with Gasteiger partial charge in [0.15, 0.2) is 6.29 Å². The Labute approximate surface area is 449 Å². The van der Waals surface area contributed by atoms with E-state index in [2.05, 4.69) is 79.9 Å². The summed E-state index contributed by atoms with van der Waals surface area (Å²) in [4.78, 5) is 13.1. The molecule has 9 nitrogen and oxygen atoms in total. The first-order valence-corrected chi connectivity index (χ1v) is 31.0. The quantitative estimate of drug-likeness (QED) is 0.0261. The lowest BCUT2D eigenvalue weighted by molar-refractivity contribution is -0.302. The molecule has 7 atom stereocenters. The number of hydrogen-bond acceptors (Lipinski definition) is 8. The summed E-state index contributed by atoms with van der Waals surface area (Å²) < 4.78 is 11.3. The molecule has 0 aromatic rings. The molecule has 1 saturated heterocycles. The van der Waals surface area contributed by atoms with E-state index in [0.29, 0.717) is 12.8 Å². The minimum absolute atomic E-state index is 0.138. The zero-order valence-electron chi connectivity index (χ0n) is 47.4. The molecule has 0 spiro atoms. The molecule has 1 aliphatic rings. The van der Waals surface area contributed by atoms with E-state index in [0.717, 1.165) is 70.6 Å². The van der Waals surface area contributed by atoms with Gasteiger partial charge in [-0.1, -0.05) is 280 Å². The Morgan fingerprint density at radius 2 is 0.849 bits per heavy atom. The molecule has 1 aliphatic heterocycles. The highest BCUT2D eigenvalue weighted by molar-refractivity contribution is 5.76. The number of carbonyl (C=O) groups excluding carboxylic acids is 1. The minimum Gasteiger partial charge on any atom is -0.394 e. The molecule has 0 aliphatic carbocycles. The molecule has 0 aromatic carbocycles. The highest BCUT2D eigenvalue weighted by Crippen LogP contribution is 2.23. The second-order valence-corrected chi connectivity index (χ2v) is 21.5.